The van der Waals surface area contributed by atoms with Crippen molar-refractivity contribution < 1.29 is 33.8 Å². The van der Waals surface area contributed by atoms with Crippen LogP contribution in [0.1, 0.15) is 85.5 Å². The number of aliphatic hydroxyl groups is 1. The van der Waals surface area contributed by atoms with Gasteiger partial charge in [-0.2, -0.15) is 0 Å². The van der Waals surface area contributed by atoms with Gasteiger partial charge in [-0.1, -0.05) is 36.4 Å². The minimum atomic E-state index is -1.000. The molecule has 1 fully saturated rings. The quantitative estimate of drug-likeness (QED) is 0.249. The van der Waals surface area contributed by atoms with Crippen LogP contribution >= 0.6 is 0 Å². The number of nitrogens with one attached hydrogen (secondary N) is 2. The Hall–Kier alpha value is -3.76. The Morgan fingerprint density at radius 3 is 2.09 bits per heavy atom. The van der Waals surface area contributed by atoms with E-state index in [9.17, 15) is 24.3 Å². The Labute approximate surface area is 266 Å². The zero-order chi connectivity index (χ0) is 33.6. The number of amides is 2. The van der Waals surface area contributed by atoms with E-state index in [1.807, 2.05) is 44.2 Å². The fourth-order valence-electron chi connectivity index (χ4n) is 4.59. The summed E-state index contributed by atoms with van der Waals surface area (Å²) in [6.45, 7) is 15.1. The van der Waals surface area contributed by atoms with E-state index >= 15 is 0 Å². The first-order chi connectivity index (χ1) is 20.9. The number of aliphatic hydroxyl groups excluding tert-OH is 1. The van der Waals surface area contributed by atoms with Gasteiger partial charge < -0.3 is 30.1 Å². The molecule has 2 amide bonds. The van der Waals surface area contributed by atoms with Crippen LogP contribution in [0.25, 0.3) is 0 Å². The van der Waals surface area contributed by atoms with Crippen molar-refractivity contribution in [3.05, 3.63) is 59.7 Å². The molecule has 1 aliphatic heterocycles. The highest BCUT2D eigenvalue weighted by Crippen LogP contribution is 2.34. The molecule has 3 rings (SSSR count). The molecule has 10 nitrogen and oxygen atoms in total. The van der Waals surface area contributed by atoms with Gasteiger partial charge in [0.05, 0.1) is 23.4 Å². The first-order valence-electron chi connectivity index (χ1n) is 15.5. The maximum atomic E-state index is 13.1. The van der Waals surface area contributed by atoms with Crippen LogP contribution in [-0.2, 0) is 25.6 Å². The molecule has 1 saturated heterocycles. The summed E-state index contributed by atoms with van der Waals surface area (Å²) < 4.78 is 11.2. The Morgan fingerprint density at radius 1 is 0.889 bits per heavy atom. The third-order valence-corrected chi connectivity index (χ3v) is 7.54. The van der Waals surface area contributed by atoms with Crippen LogP contribution in [0.5, 0.6) is 11.5 Å². The number of esters is 2. The fourth-order valence-corrected chi connectivity index (χ4v) is 4.59. The van der Waals surface area contributed by atoms with Gasteiger partial charge in [-0.15, -0.1) is 0 Å². The Balaban J connectivity index is 1.61. The number of nitrogens with zero attached hydrogens (tertiary/aromatic N) is 1. The number of likely N-dealkylation sites (tertiary alicyclic amines) is 1. The minimum Gasteiger partial charge on any atom is -0.422 e. The van der Waals surface area contributed by atoms with Gasteiger partial charge in [0.2, 0.25) is 11.8 Å². The molecule has 45 heavy (non-hydrogen) atoms. The smallest absolute Gasteiger partial charge is 0.316 e. The van der Waals surface area contributed by atoms with Gasteiger partial charge >= 0.3 is 11.9 Å². The number of ether oxygens (including phenoxy) is 2. The van der Waals surface area contributed by atoms with Crippen LogP contribution in [0, 0.1) is 10.8 Å². The Kier molecular flexibility index (Phi) is 11.6. The molecule has 10 heteroatoms. The van der Waals surface area contributed by atoms with E-state index in [-0.39, 0.29) is 42.8 Å². The highest BCUT2D eigenvalue weighted by Gasteiger charge is 2.35. The Bertz CT molecular complexity index is 1360. The lowest BCUT2D eigenvalue weighted by Crippen LogP contribution is -2.53. The summed E-state index contributed by atoms with van der Waals surface area (Å²) in [5.41, 5.74) is -0.814. The first kappa shape index (κ1) is 35.7. The molecule has 2 atom stereocenters. The first-order valence-corrected chi connectivity index (χ1v) is 15.5. The van der Waals surface area contributed by atoms with Crippen molar-refractivity contribution in [2.75, 3.05) is 19.6 Å². The maximum absolute atomic E-state index is 13.1. The van der Waals surface area contributed by atoms with Crippen molar-refractivity contribution in [3.8, 4) is 11.5 Å². The standard InChI is InChI=1S/C35H49N3O7/c1-33(2,3)31(42)44-27-17-16-24(20-28(27)45-32(43)34(4,5)6)26(39)21-37-35(7,8)22-36-30(41)25-15-12-18-38(25)29(40)19-23-13-10-9-11-14-23/h9-11,13-14,16-17,20,25-26,37,39H,12,15,18-19,21-22H2,1-8H3,(H,36,41)/t25-,26?/m1/s1. The molecule has 246 valence electrons. The van der Waals surface area contributed by atoms with E-state index in [1.54, 1.807) is 52.5 Å². The van der Waals surface area contributed by atoms with Crippen LogP contribution in [0.15, 0.2) is 48.5 Å². The number of rotatable bonds is 11. The molecule has 1 unspecified atom stereocenters. The summed E-state index contributed by atoms with van der Waals surface area (Å²) >= 11 is 0. The van der Waals surface area contributed by atoms with Crippen LogP contribution in [0.2, 0.25) is 0 Å². The largest absolute Gasteiger partial charge is 0.422 e. The molecule has 0 spiro atoms. The molecule has 2 aromatic carbocycles. The molecular weight excluding hydrogens is 574 g/mol. The minimum absolute atomic E-state index is 0.0403. The topological polar surface area (TPSA) is 134 Å². The summed E-state index contributed by atoms with van der Waals surface area (Å²) in [5.74, 6) is -1.14. The number of benzene rings is 2. The predicted molar refractivity (Wildman–Crippen MR) is 172 cm³/mol. The van der Waals surface area contributed by atoms with Gasteiger partial charge in [-0.25, -0.2) is 0 Å². The number of hydrogen-bond acceptors (Lipinski definition) is 8. The molecule has 1 heterocycles. The van der Waals surface area contributed by atoms with E-state index in [1.165, 1.54) is 12.1 Å². The van der Waals surface area contributed by atoms with Crippen molar-refractivity contribution in [2.45, 2.75) is 92.3 Å². The second-order valence-corrected chi connectivity index (χ2v) is 14.4. The number of carbonyl (C=O) groups excluding carboxylic acids is 4. The zero-order valence-electron chi connectivity index (χ0n) is 27.9. The van der Waals surface area contributed by atoms with Crippen molar-refractivity contribution in [3.63, 3.8) is 0 Å². The van der Waals surface area contributed by atoms with Crippen molar-refractivity contribution >= 4 is 23.8 Å². The lowest BCUT2D eigenvalue weighted by molar-refractivity contribution is -0.145. The second kappa shape index (κ2) is 14.6. The summed E-state index contributed by atoms with van der Waals surface area (Å²) in [7, 11) is 0. The summed E-state index contributed by atoms with van der Waals surface area (Å²) in [5, 5.41) is 17.3. The second-order valence-electron chi connectivity index (χ2n) is 14.4. The molecule has 3 N–H and O–H groups in total. The summed E-state index contributed by atoms with van der Waals surface area (Å²) in [6.07, 6.45) is 0.642. The van der Waals surface area contributed by atoms with Crippen molar-refractivity contribution in [1.29, 1.82) is 0 Å². The molecule has 0 aliphatic carbocycles. The Morgan fingerprint density at radius 2 is 1.49 bits per heavy atom. The van der Waals surface area contributed by atoms with Crippen LogP contribution < -0.4 is 20.1 Å². The SMILES string of the molecule is CC(C)(CNC(=O)[C@H]1CCCN1C(=O)Cc1ccccc1)NCC(O)c1ccc(OC(=O)C(C)(C)C)c(OC(=O)C(C)(C)C)c1. The fraction of sp³-hybridized carbons (Fsp3) is 0.543. The maximum Gasteiger partial charge on any atom is 0.316 e. The van der Waals surface area contributed by atoms with Crippen LogP contribution in [-0.4, -0.2) is 65.0 Å². The molecule has 1 aliphatic rings. The predicted octanol–water partition coefficient (Wildman–Crippen LogP) is 4.34. The monoisotopic (exact) mass is 623 g/mol. The van der Waals surface area contributed by atoms with Gasteiger partial charge in [-0.3, -0.25) is 19.2 Å². The highest BCUT2D eigenvalue weighted by atomic mass is 16.6. The van der Waals surface area contributed by atoms with Gasteiger partial charge in [0.25, 0.3) is 0 Å². The van der Waals surface area contributed by atoms with Crippen molar-refractivity contribution in [1.82, 2.24) is 15.5 Å². The molecule has 0 bridgehead atoms. The van der Waals surface area contributed by atoms with Gasteiger partial charge in [0.1, 0.15) is 6.04 Å². The van der Waals surface area contributed by atoms with Gasteiger partial charge in [0, 0.05) is 25.2 Å². The molecule has 0 aromatic heterocycles. The van der Waals surface area contributed by atoms with Gasteiger partial charge in [0.15, 0.2) is 11.5 Å². The third-order valence-electron chi connectivity index (χ3n) is 7.54. The average molecular weight is 624 g/mol. The number of carbonyl (C=O) groups is 4. The van der Waals surface area contributed by atoms with Gasteiger partial charge in [-0.05, 0) is 91.5 Å². The van der Waals surface area contributed by atoms with E-state index in [0.29, 0.717) is 18.5 Å². The number of hydrogen-bond donors (Lipinski definition) is 3. The summed E-state index contributed by atoms with van der Waals surface area (Å²) in [6, 6.07) is 13.6. The normalized spacial score (nSPS) is 16.2. The third kappa shape index (κ3) is 10.4. The van der Waals surface area contributed by atoms with Crippen LogP contribution in [0.3, 0.4) is 0 Å². The number of β-amino-alcohol motifs (C(OH)–C–C–N with tert-alkyl or cyclic N) is 1. The lowest BCUT2D eigenvalue weighted by atomic mass is 9.97. The highest BCUT2D eigenvalue weighted by molar-refractivity contribution is 5.89. The molecule has 0 saturated carbocycles. The van der Waals surface area contributed by atoms with E-state index in [2.05, 4.69) is 10.6 Å². The average Bonchev–Trinajstić information content (AvgIpc) is 3.45. The molecule has 2 aromatic rings. The van der Waals surface area contributed by atoms with E-state index < -0.39 is 40.5 Å². The molecule has 0 radical (unpaired) electrons. The molecular formula is C35H49N3O7. The lowest BCUT2D eigenvalue weighted by Gasteiger charge is -2.30. The van der Waals surface area contributed by atoms with Crippen LogP contribution in [0.4, 0.5) is 0 Å². The van der Waals surface area contributed by atoms with Crippen molar-refractivity contribution in [2.24, 2.45) is 10.8 Å². The zero-order valence-corrected chi connectivity index (χ0v) is 27.9. The van der Waals surface area contributed by atoms with E-state index in [4.69, 9.17) is 9.47 Å². The van der Waals surface area contributed by atoms with E-state index in [0.717, 1.165) is 12.0 Å². The summed E-state index contributed by atoms with van der Waals surface area (Å²) in [4.78, 5) is 53.0.